The van der Waals surface area contributed by atoms with Gasteiger partial charge in [-0.25, -0.2) is 0 Å². The Morgan fingerprint density at radius 1 is 1.67 bits per heavy atom. The van der Waals surface area contributed by atoms with Crippen molar-refractivity contribution in [1.82, 2.24) is 4.57 Å². The summed E-state index contributed by atoms with van der Waals surface area (Å²) in [4.78, 5) is 11.3. The van der Waals surface area contributed by atoms with Crippen molar-refractivity contribution >= 4 is 23.1 Å². The Balaban J connectivity index is 2.98. The number of ether oxygens (including phenoxy) is 1. The highest BCUT2D eigenvalue weighted by Crippen LogP contribution is 2.24. The molecule has 1 heterocycles. The van der Waals surface area contributed by atoms with Crippen LogP contribution < -0.4 is 0 Å². The quantitative estimate of drug-likeness (QED) is 0.725. The number of carbonyl (C=O) groups is 1. The molecule has 0 saturated heterocycles. The van der Waals surface area contributed by atoms with E-state index in [4.69, 9.17) is 16.3 Å². The molecule has 4 heteroatoms. The number of rotatable bonds is 5. The van der Waals surface area contributed by atoms with Crippen LogP contribution in [0.3, 0.4) is 0 Å². The molecule has 0 aliphatic carbocycles. The van der Waals surface area contributed by atoms with Crippen molar-refractivity contribution in [1.29, 1.82) is 0 Å². The molecule has 0 saturated carbocycles. The fourth-order valence-corrected chi connectivity index (χ4v) is 1.54. The van der Waals surface area contributed by atoms with E-state index >= 15 is 0 Å². The Bertz CT molecular complexity index is 382. The van der Waals surface area contributed by atoms with Crippen molar-refractivity contribution in [2.24, 2.45) is 0 Å². The van der Waals surface area contributed by atoms with Gasteiger partial charge in [0.2, 0.25) is 0 Å². The van der Waals surface area contributed by atoms with Gasteiger partial charge in [-0.1, -0.05) is 25.1 Å². The Morgan fingerprint density at radius 2 is 2.33 bits per heavy atom. The lowest BCUT2D eigenvalue weighted by Crippen LogP contribution is -2.10. The normalized spacial score (nSPS) is 10.1. The first-order chi connectivity index (χ1) is 7.10. The summed E-state index contributed by atoms with van der Waals surface area (Å²) in [5, 5.41) is 0.547. The molecule has 0 unspecified atom stereocenters. The highest BCUT2D eigenvalue weighted by molar-refractivity contribution is 6.32. The predicted molar refractivity (Wildman–Crippen MR) is 60.8 cm³/mol. The topological polar surface area (TPSA) is 31.2 Å². The number of Topliss-reactive ketones (excluding diaryl/α,β-unsaturated/α-hetero) is 1. The van der Waals surface area contributed by atoms with Gasteiger partial charge in [-0.2, -0.15) is 0 Å². The van der Waals surface area contributed by atoms with Crippen molar-refractivity contribution < 1.29 is 9.53 Å². The summed E-state index contributed by atoms with van der Waals surface area (Å²) in [5.41, 5.74) is 0.668. The molecule has 82 valence electrons. The monoisotopic (exact) mass is 227 g/mol. The number of hydrogen-bond donors (Lipinski definition) is 0. The standard InChI is InChI=1S/C11H14ClNO2/c1-4-9(14)7-13-6-5-10(12)11(13)8(2)15-3/h5-6H,2,4,7H2,1,3H3. The van der Waals surface area contributed by atoms with Crippen LogP contribution in [-0.2, 0) is 16.1 Å². The Kier molecular flexibility index (Phi) is 3.97. The number of carbonyl (C=O) groups excluding carboxylic acids is 1. The minimum absolute atomic E-state index is 0.146. The Morgan fingerprint density at radius 3 is 2.87 bits per heavy atom. The third kappa shape index (κ3) is 2.63. The van der Waals surface area contributed by atoms with Crippen molar-refractivity contribution in [3.8, 4) is 0 Å². The van der Waals surface area contributed by atoms with E-state index < -0.39 is 0 Å². The second-order valence-electron chi connectivity index (χ2n) is 3.16. The summed E-state index contributed by atoms with van der Waals surface area (Å²) in [6, 6.07) is 1.73. The predicted octanol–water partition coefficient (Wildman–Crippen LogP) is 2.74. The molecular formula is C11H14ClNO2. The Hall–Kier alpha value is -1.22. The zero-order chi connectivity index (χ0) is 11.4. The fraction of sp³-hybridized carbons (Fsp3) is 0.364. The molecule has 3 nitrogen and oxygen atoms in total. The van der Waals surface area contributed by atoms with Crippen LogP contribution in [0.1, 0.15) is 19.0 Å². The minimum atomic E-state index is 0.146. The number of aromatic nitrogens is 1. The van der Waals surface area contributed by atoms with Gasteiger partial charge in [-0.05, 0) is 6.07 Å². The van der Waals surface area contributed by atoms with Crippen LogP contribution in [0.5, 0.6) is 0 Å². The number of ketones is 1. The van der Waals surface area contributed by atoms with Crippen LogP contribution in [0.2, 0.25) is 5.02 Å². The number of halogens is 1. The van der Waals surface area contributed by atoms with Crippen LogP contribution >= 0.6 is 11.6 Å². The molecule has 0 N–H and O–H groups in total. The van der Waals surface area contributed by atoms with E-state index in [0.29, 0.717) is 29.4 Å². The molecule has 0 radical (unpaired) electrons. The summed E-state index contributed by atoms with van der Waals surface area (Å²) >= 11 is 5.97. The van der Waals surface area contributed by atoms with E-state index in [1.54, 1.807) is 16.8 Å². The molecule has 0 fully saturated rings. The van der Waals surface area contributed by atoms with Crippen LogP contribution in [0.15, 0.2) is 18.8 Å². The van der Waals surface area contributed by atoms with Crippen LogP contribution in [0.4, 0.5) is 0 Å². The van der Waals surface area contributed by atoms with E-state index in [-0.39, 0.29) is 5.78 Å². The molecule has 15 heavy (non-hydrogen) atoms. The van der Waals surface area contributed by atoms with Gasteiger partial charge < -0.3 is 9.30 Å². The first kappa shape index (κ1) is 11.9. The SMILES string of the molecule is C=C(OC)c1c(Cl)ccn1CC(=O)CC. The van der Waals surface area contributed by atoms with Gasteiger partial charge in [0.25, 0.3) is 0 Å². The summed E-state index contributed by atoms with van der Waals surface area (Å²) in [6.45, 7) is 5.87. The summed E-state index contributed by atoms with van der Waals surface area (Å²) < 4.78 is 6.77. The summed E-state index contributed by atoms with van der Waals surface area (Å²) in [7, 11) is 1.53. The molecule has 0 atom stereocenters. The van der Waals surface area contributed by atoms with Crippen molar-refractivity contribution in [2.75, 3.05) is 7.11 Å². The zero-order valence-electron chi connectivity index (χ0n) is 8.92. The van der Waals surface area contributed by atoms with E-state index in [9.17, 15) is 4.79 Å². The van der Waals surface area contributed by atoms with Crippen LogP contribution in [0.25, 0.3) is 5.76 Å². The molecule has 0 spiro atoms. The lowest BCUT2D eigenvalue weighted by atomic mass is 10.3. The Labute approximate surface area is 94.3 Å². The maximum atomic E-state index is 11.3. The second kappa shape index (κ2) is 5.03. The number of hydrogen-bond acceptors (Lipinski definition) is 2. The minimum Gasteiger partial charge on any atom is -0.495 e. The highest BCUT2D eigenvalue weighted by atomic mass is 35.5. The van der Waals surface area contributed by atoms with E-state index in [0.717, 1.165) is 0 Å². The average Bonchev–Trinajstić information content (AvgIpc) is 2.58. The maximum absolute atomic E-state index is 11.3. The molecule has 0 amide bonds. The molecule has 0 bridgehead atoms. The highest BCUT2D eigenvalue weighted by Gasteiger charge is 2.12. The van der Waals surface area contributed by atoms with Gasteiger partial charge in [0, 0.05) is 12.6 Å². The summed E-state index contributed by atoms with van der Waals surface area (Å²) in [5.74, 6) is 0.612. The van der Waals surface area contributed by atoms with Gasteiger partial charge in [-0.15, -0.1) is 0 Å². The molecule has 0 aromatic carbocycles. The average molecular weight is 228 g/mol. The lowest BCUT2D eigenvalue weighted by molar-refractivity contribution is -0.119. The van der Waals surface area contributed by atoms with Gasteiger partial charge in [0.05, 0.1) is 18.7 Å². The van der Waals surface area contributed by atoms with Crippen molar-refractivity contribution in [2.45, 2.75) is 19.9 Å². The van der Waals surface area contributed by atoms with Gasteiger partial charge >= 0.3 is 0 Å². The van der Waals surface area contributed by atoms with Gasteiger partial charge in [-0.3, -0.25) is 4.79 Å². The first-order valence-electron chi connectivity index (χ1n) is 4.69. The molecule has 0 aliphatic heterocycles. The lowest BCUT2D eigenvalue weighted by Gasteiger charge is -2.09. The fourth-order valence-electron chi connectivity index (χ4n) is 1.27. The second-order valence-corrected chi connectivity index (χ2v) is 3.57. The van der Waals surface area contributed by atoms with E-state index in [1.807, 2.05) is 6.92 Å². The first-order valence-corrected chi connectivity index (χ1v) is 5.07. The van der Waals surface area contributed by atoms with Crippen molar-refractivity contribution in [3.05, 3.63) is 29.6 Å². The van der Waals surface area contributed by atoms with Crippen molar-refractivity contribution in [3.63, 3.8) is 0 Å². The van der Waals surface area contributed by atoms with E-state index in [1.165, 1.54) is 7.11 Å². The largest absolute Gasteiger partial charge is 0.495 e. The molecule has 1 rings (SSSR count). The molecule has 1 aromatic heterocycles. The van der Waals surface area contributed by atoms with Gasteiger partial charge in [0.1, 0.15) is 11.5 Å². The number of nitrogens with zero attached hydrogens (tertiary/aromatic N) is 1. The van der Waals surface area contributed by atoms with Gasteiger partial charge in [0.15, 0.2) is 5.78 Å². The third-order valence-electron chi connectivity index (χ3n) is 2.17. The van der Waals surface area contributed by atoms with Crippen LogP contribution in [-0.4, -0.2) is 17.5 Å². The third-order valence-corrected chi connectivity index (χ3v) is 2.47. The maximum Gasteiger partial charge on any atom is 0.152 e. The van der Waals surface area contributed by atoms with E-state index in [2.05, 4.69) is 6.58 Å². The molecular weight excluding hydrogens is 214 g/mol. The smallest absolute Gasteiger partial charge is 0.152 e. The molecule has 0 aliphatic rings. The number of methoxy groups -OCH3 is 1. The zero-order valence-corrected chi connectivity index (χ0v) is 9.67. The van der Waals surface area contributed by atoms with Crippen LogP contribution in [0, 0.1) is 0 Å². The molecule has 1 aromatic rings. The summed E-state index contributed by atoms with van der Waals surface area (Å²) in [6.07, 6.45) is 2.27.